The standard InChI is InChI=1S/C12H12FN3/c13-11-4-1-9(2-5-11)10-3-6-12-15-14-8-16(12)7-10/h1-2,4-6,8,10,15H,3,7H2. The minimum atomic E-state index is -0.180. The molecule has 0 radical (unpaired) electrons. The van der Waals surface area contributed by atoms with Gasteiger partial charge in [0, 0.05) is 12.5 Å². The SMILES string of the molecule is Fc1ccc(C2CC=C3NN=CN3C2)cc1. The van der Waals surface area contributed by atoms with Gasteiger partial charge >= 0.3 is 0 Å². The lowest BCUT2D eigenvalue weighted by atomic mass is 9.93. The van der Waals surface area contributed by atoms with Crippen molar-refractivity contribution >= 4 is 6.34 Å². The molecule has 4 heteroatoms. The van der Waals surface area contributed by atoms with Crippen molar-refractivity contribution in [2.75, 3.05) is 6.54 Å². The summed E-state index contributed by atoms with van der Waals surface area (Å²) >= 11 is 0. The summed E-state index contributed by atoms with van der Waals surface area (Å²) in [5.41, 5.74) is 4.11. The van der Waals surface area contributed by atoms with E-state index in [1.807, 2.05) is 12.1 Å². The quantitative estimate of drug-likeness (QED) is 0.779. The van der Waals surface area contributed by atoms with Crippen molar-refractivity contribution in [3.63, 3.8) is 0 Å². The van der Waals surface area contributed by atoms with Crippen LogP contribution in [0.4, 0.5) is 4.39 Å². The first-order chi connectivity index (χ1) is 7.83. The Hall–Kier alpha value is -1.84. The lowest BCUT2D eigenvalue weighted by Gasteiger charge is -2.27. The van der Waals surface area contributed by atoms with Crippen LogP contribution in [0.3, 0.4) is 0 Å². The van der Waals surface area contributed by atoms with Gasteiger partial charge in [-0.1, -0.05) is 12.1 Å². The highest BCUT2D eigenvalue weighted by atomic mass is 19.1. The molecule has 16 heavy (non-hydrogen) atoms. The van der Waals surface area contributed by atoms with Crippen LogP contribution in [0.5, 0.6) is 0 Å². The molecule has 0 aromatic heterocycles. The highest BCUT2D eigenvalue weighted by Gasteiger charge is 2.23. The Kier molecular flexibility index (Phi) is 2.13. The molecular weight excluding hydrogens is 205 g/mol. The van der Waals surface area contributed by atoms with Crippen LogP contribution in [-0.4, -0.2) is 17.8 Å². The van der Waals surface area contributed by atoms with Gasteiger partial charge in [0.25, 0.3) is 0 Å². The topological polar surface area (TPSA) is 27.6 Å². The fourth-order valence-electron chi connectivity index (χ4n) is 2.14. The van der Waals surface area contributed by atoms with E-state index in [0.29, 0.717) is 5.92 Å². The van der Waals surface area contributed by atoms with Crippen molar-refractivity contribution in [2.24, 2.45) is 5.10 Å². The van der Waals surface area contributed by atoms with E-state index in [4.69, 9.17) is 0 Å². The Morgan fingerprint density at radius 2 is 2.12 bits per heavy atom. The second-order valence-electron chi connectivity index (χ2n) is 4.08. The molecule has 1 N–H and O–H groups in total. The number of nitrogens with zero attached hydrogens (tertiary/aromatic N) is 2. The van der Waals surface area contributed by atoms with Crippen LogP contribution in [0, 0.1) is 5.82 Å². The normalized spacial score (nSPS) is 22.7. The number of nitrogens with one attached hydrogen (secondary N) is 1. The molecular formula is C12H12FN3. The summed E-state index contributed by atoms with van der Waals surface area (Å²) in [5.74, 6) is 1.29. The Morgan fingerprint density at radius 1 is 1.31 bits per heavy atom. The van der Waals surface area contributed by atoms with Crippen LogP contribution in [0.25, 0.3) is 0 Å². The zero-order chi connectivity index (χ0) is 11.0. The summed E-state index contributed by atoms with van der Waals surface area (Å²) in [6, 6.07) is 6.76. The number of hydrogen-bond donors (Lipinski definition) is 1. The minimum absolute atomic E-state index is 0.180. The molecule has 3 rings (SSSR count). The van der Waals surface area contributed by atoms with E-state index >= 15 is 0 Å². The van der Waals surface area contributed by atoms with Gasteiger partial charge in [-0.2, -0.15) is 5.10 Å². The summed E-state index contributed by atoms with van der Waals surface area (Å²) in [7, 11) is 0. The van der Waals surface area contributed by atoms with Crippen molar-refractivity contribution in [3.8, 4) is 0 Å². The summed E-state index contributed by atoms with van der Waals surface area (Å²) in [6.45, 7) is 0.897. The third-order valence-corrected chi connectivity index (χ3v) is 3.04. The Bertz CT molecular complexity index is 450. The molecule has 0 spiro atoms. The lowest BCUT2D eigenvalue weighted by Crippen LogP contribution is -2.30. The molecule has 2 aliphatic heterocycles. The number of halogens is 1. The van der Waals surface area contributed by atoms with Crippen LogP contribution in [-0.2, 0) is 0 Å². The molecule has 0 aliphatic carbocycles. The van der Waals surface area contributed by atoms with E-state index in [-0.39, 0.29) is 5.82 Å². The van der Waals surface area contributed by atoms with E-state index in [2.05, 4.69) is 21.5 Å². The molecule has 2 heterocycles. The monoisotopic (exact) mass is 217 g/mol. The van der Waals surface area contributed by atoms with Gasteiger partial charge in [-0.25, -0.2) is 4.39 Å². The first-order valence-electron chi connectivity index (χ1n) is 5.34. The van der Waals surface area contributed by atoms with Gasteiger partial charge in [0.2, 0.25) is 0 Å². The molecule has 1 aromatic carbocycles. The predicted octanol–water partition coefficient (Wildman–Crippen LogP) is 2.00. The van der Waals surface area contributed by atoms with Crippen LogP contribution in [0.15, 0.2) is 41.3 Å². The highest BCUT2D eigenvalue weighted by Crippen LogP contribution is 2.27. The van der Waals surface area contributed by atoms with E-state index in [1.165, 1.54) is 17.7 Å². The first kappa shape index (κ1) is 9.39. The van der Waals surface area contributed by atoms with Crippen molar-refractivity contribution in [1.29, 1.82) is 0 Å². The van der Waals surface area contributed by atoms with Crippen LogP contribution in [0.2, 0.25) is 0 Å². The number of hydrogen-bond acceptors (Lipinski definition) is 3. The molecule has 0 amide bonds. The van der Waals surface area contributed by atoms with Crippen molar-refractivity contribution in [1.82, 2.24) is 10.3 Å². The molecule has 2 aliphatic rings. The summed E-state index contributed by atoms with van der Waals surface area (Å²) in [6.07, 6.45) is 4.89. The van der Waals surface area contributed by atoms with Crippen molar-refractivity contribution < 1.29 is 4.39 Å². The maximum Gasteiger partial charge on any atom is 0.123 e. The van der Waals surface area contributed by atoms with E-state index in [9.17, 15) is 4.39 Å². The molecule has 0 fully saturated rings. The number of rotatable bonds is 1. The Labute approximate surface area is 93.3 Å². The van der Waals surface area contributed by atoms with Gasteiger partial charge in [0.05, 0.1) is 0 Å². The molecule has 1 unspecified atom stereocenters. The predicted molar refractivity (Wildman–Crippen MR) is 60.2 cm³/mol. The summed E-state index contributed by atoms with van der Waals surface area (Å²) in [4.78, 5) is 2.08. The van der Waals surface area contributed by atoms with Crippen LogP contribution >= 0.6 is 0 Å². The van der Waals surface area contributed by atoms with Crippen LogP contribution < -0.4 is 5.43 Å². The third-order valence-electron chi connectivity index (χ3n) is 3.04. The Balaban J connectivity index is 1.82. The molecule has 0 bridgehead atoms. The smallest absolute Gasteiger partial charge is 0.123 e. The van der Waals surface area contributed by atoms with E-state index in [1.54, 1.807) is 6.34 Å². The zero-order valence-electron chi connectivity index (χ0n) is 8.73. The second kappa shape index (κ2) is 3.63. The van der Waals surface area contributed by atoms with Crippen molar-refractivity contribution in [2.45, 2.75) is 12.3 Å². The molecule has 0 saturated heterocycles. The molecule has 1 atom stereocenters. The minimum Gasteiger partial charge on any atom is -0.316 e. The third kappa shape index (κ3) is 1.56. The van der Waals surface area contributed by atoms with Gasteiger partial charge in [-0.15, -0.1) is 0 Å². The van der Waals surface area contributed by atoms with Gasteiger partial charge in [-0.05, 0) is 30.2 Å². The molecule has 3 nitrogen and oxygen atoms in total. The van der Waals surface area contributed by atoms with Gasteiger partial charge in [0.1, 0.15) is 18.0 Å². The maximum atomic E-state index is 12.8. The highest BCUT2D eigenvalue weighted by molar-refractivity contribution is 5.61. The largest absolute Gasteiger partial charge is 0.316 e. The van der Waals surface area contributed by atoms with Crippen LogP contribution in [0.1, 0.15) is 17.9 Å². The molecule has 1 aromatic rings. The molecule has 0 saturated carbocycles. The van der Waals surface area contributed by atoms with Crippen molar-refractivity contribution in [3.05, 3.63) is 47.5 Å². The molecule has 82 valence electrons. The maximum absolute atomic E-state index is 12.8. The fraction of sp³-hybridized carbons (Fsp3) is 0.250. The van der Waals surface area contributed by atoms with E-state index in [0.717, 1.165) is 18.8 Å². The van der Waals surface area contributed by atoms with E-state index < -0.39 is 0 Å². The second-order valence-corrected chi connectivity index (χ2v) is 4.08. The summed E-state index contributed by atoms with van der Waals surface area (Å²) in [5, 5.41) is 3.99. The zero-order valence-corrected chi connectivity index (χ0v) is 8.73. The number of hydrazone groups is 1. The average molecular weight is 217 g/mol. The lowest BCUT2D eigenvalue weighted by molar-refractivity contribution is 0.432. The number of fused-ring (bicyclic) bond motifs is 1. The average Bonchev–Trinajstić information content (AvgIpc) is 2.77. The number of allylic oxidation sites excluding steroid dienone is 1. The first-order valence-corrected chi connectivity index (χ1v) is 5.34. The van der Waals surface area contributed by atoms with Gasteiger partial charge in [-0.3, -0.25) is 5.43 Å². The van der Waals surface area contributed by atoms with Gasteiger partial charge in [0.15, 0.2) is 0 Å². The Morgan fingerprint density at radius 3 is 2.94 bits per heavy atom. The summed E-state index contributed by atoms with van der Waals surface area (Å²) < 4.78 is 12.8. The fourth-order valence-corrected chi connectivity index (χ4v) is 2.14. The van der Waals surface area contributed by atoms with Gasteiger partial charge < -0.3 is 4.90 Å². The number of benzene rings is 1.